The molecule has 3 rings (SSSR count). The van der Waals surface area contributed by atoms with E-state index in [2.05, 4.69) is 9.80 Å². The van der Waals surface area contributed by atoms with Gasteiger partial charge in [0.1, 0.15) is 5.82 Å². The highest BCUT2D eigenvalue weighted by Gasteiger charge is 2.26. The van der Waals surface area contributed by atoms with Gasteiger partial charge in [0.2, 0.25) is 0 Å². The van der Waals surface area contributed by atoms with Gasteiger partial charge in [0, 0.05) is 37.9 Å². The molecule has 0 atom stereocenters. The topological polar surface area (TPSA) is 30.3 Å². The lowest BCUT2D eigenvalue weighted by atomic mass is 10.1. The summed E-state index contributed by atoms with van der Waals surface area (Å²) in [6.45, 7) is 3.93. The molecule has 0 radical (unpaired) electrons. The lowest BCUT2D eigenvalue weighted by Gasteiger charge is -2.39. The van der Waals surface area contributed by atoms with Crippen molar-refractivity contribution in [2.75, 3.05) is 31.1 Å². The molecule has 0 N–H and O–H groups in total. The van der Waals surface area contributed by atoms with Crippen molar-refractivity contribution in [2.24, 2.45) is 0 Å². The van der Waals surface area contributed by atoms with Crippen molar-refractivity contribution in [3.63, 3.8) is 0 Å². The highest BCUT2D eigenvalue weighted by atomic mass is 19.1. The zero-order valence-electron chi connectivity index (χ0n) is 11.7. The van der Waals surface area contributed by atoms with E-state index in [9.17, 15) is 4.39 Å². The third kappa shape index (κ3) is 2.78. The number of nitriles is 1. The molecule has 4 heteroatoms. The first kappa shape index (κ1) is 13.4. The van der Waals surface area contributed by atoms with Crippen molar-refractivity contribution in [2.45, 2.75) is 31.7 Å². The zero-order chi connectivity index (χ0) is 13.9. The molecule has 20 heavy (non-hydrogen) atoms. The molecular weight excluding hydrogens is 253 g/mol. The Morgan fingerprint density at radius 1 is 1.05 bits per heavy atom. The second-order valence-electron chi connectivity index (χ2n) is 5.77. The summed E-state index contributed by atoms with van der Waals surface area (Å²) in [5.41, 5.74) is 1.24. The van der Waals surface area contributed by atoms with E-state index >= 15 is 0 Å². The van der Waals surface area contributed by atoms with Gasteiger partial charge < -0.3 is 4.90 Å². The summed E-state index contributed by atoms with van der Waals surface area (Å²) in [5, 5.41) is 8.93. The van der Waals surface area contributed by atoms with Gasteiger partial charge in [0.15, 0.2) is 0 Å². The third-order valence-corrected chi connectivity index (χ3v) is 4.53. The summed E-state index contributed by atoms with van der Waals surface area (Å²) in [6, 6.07) is 7.40. The predicted octanol–water partition coefficient (Wildman–Crippen LogP) is 2.76. The second kappa shape index (κ2) is 5.80. The number of rotatable bonds is 2. The SMILES string of the molecule is N#Cc1cc(F)cc(N2CCN(C3CCCC3)CC2)c1. The van der Waals surface area contributed by atoms with Crippen molar-refractivity contribution in [1.29, 1.82) is 5.26 Å². The molecule has 2 aliphatic rings. The summed E-state index contributed by atoms with van der Waals surface area (Å²) in [7, 11) is 0. The molecule has 1 aliphatic heterocycles. The van der Waals surface area contributed by atoms with E-state index < -0.39 is 0 Å². The summed E-state index contributed by atoms with van der Waals surface area (Å²) < 4.78 is 13.5. The zero-order valence-corrected chi connectivity index (χ0v) is 11.7. The Morgan fingerprint density at radius 3 is 2.40 bits per heavy atom. The number of piperazine rings is 1. The minimum absolute atomic E-state index is 0.322. The van der Waals surface area contributed by atoms with Crippen LogP contribution in [0.1, 0.15) is 31.2 Å². The molecule has 1 aromatic carbocycles. The van der Waals surface area contributed by atoms with Crippen LogP contribution < -0.4 is 4.90 Å². The number of halogens is 1. The van der Waals surface area contributed by atoms with E-state index in [0.29, 0.717) is 5.56 Å². The Labute approximate surface area is 119 Å². The van der Waals surface area contributed by atoms with E-state index in [4.69, 9.17) is 5.26 Å². The van der Waals surface area contributed by atoms with Crippen molar-refractivity contribution >= 4 is 5.69 Å². The van der Waals surface area contributed by atoms with Crippen LogP contribution >= 0.6 is 0 Å². The third-order valence-electron chi connectivity index (χ3n) is 4.53. The van der Waals surface area contributed by atoms with Crippen molar-refractivity contribution in [3.8, 4) is 6.07 Å². The molecular formula is C16H20FN3. The fourth-order valence-electron chi connectivity index (χ4n) is 3.44. The molecule has 2 fully saturated rings. The number of hydrogen-bond acceptors (Lipinski definition) is 3. The molecule has 0 spiro atoms. The lowest BCUT2D eigenvalue weighted by molar-refractivity contribution is 0.187. The van der Waals surface area contributed by atoms with Gasteiger partial charge in [-0.05, 0) is 31.0 Å². The molecule has 0 bridgehead atoms. The molecule has 0 aromatic heterocycles. The van der Waals surface area contributed by atoms with Gasteiger partial charge in [-0.1, -0.05) is 12.8 Å². The molecule has 1 saturated carbocycles. The minimum Gasteiger partial charge on any atom is -0.369 e. The maximum absolute atomic E-state index is 13.5. The normalized spacial score (nSPS) is 21.1. The Morgan fingerprint density at radius 2 is 1.75 bits per heavy atom. The molecule has 0 unspecified atom stereocenters. The Kier molecular flexibility index (Phi) is 3.88. The van der Waals surface area contributed by atoms with Gasteiger partial charge in [-0.2, -0.15) is 5.26 Å². The number of hydrogen-bond donors (Lipinski definition) is 0. The van der Waals surface area contributed by atoms with Crippen molar-refractivity contribution < 1.29 is 4.39 Å². The molecule has 1 heterocycles. The summed E-state index contributed by atoms with van der Waals surface area (Å²) in [4.78, 5) is 4.77. The van der Waals surface area contributed by atoms with Gasteiger partial charge >= 0.3 is 0 Å². The molecule has 1 saturated heterocycles. The highest BCUT2D eigenvalue weighted by molar-refractivity contribution is 5.52. The monoisotopic (exact) mass is 273 g/mol. The van der Waals surface area contributed by atoms with E-state index in [1.165, 1.54) is 37.8 Å². The Hall–Kier alpha value is -1.60. The van der Waals surface area contributed by atoms with Crippen molar-refractivity contribution in [3.05, 3.63) is 29.6 Å². The quantitative estimate of drug-likeness (QED) is 0.830. The van der Waals surface area contributed by atoms with Gasteiger partial charge in [-0.3, -0.25) is 4.90 Å². The van der Waals surface area contributed by atoms with Crippen LogP contribution in [0.25, 0.3) is 0 Å². The van der Waals surface area contributed by atoms with Crippen LogP contribution in [0, 0.1) is 17.1 Å². The first-order chi connectivity index (χ1) is 9.76. The molecule has 106 valence electrons. The van der Waals surface area contributed by atoms with Crippen LogP contribution in [-0.2, 0) is 0 Å². The van der Waals surface area contributed by atoms with E-state index in [0.717, 1.165) is 37.9 Å². The van der Waals surface area contributed by atoms with Crippen LogP contribution in [0.3, 0.4) is 0 Å². The average Bonchev–Trinajstić information content (AvgIpc) is 3.01. The Bertz CT molecular complexity index is 509. The second-order valence-corrected chi connectivity index (χ2v) is 5.77. The van der Waals surface area contributed by atoms with Crippen LogP contribution in [0.15, 0.2) is 18.2 Å². The van der Waals surface area contributed by atoms with Crippen LogP contribution in [0.2, 0.25) is 0 Å². The number of nitrogens with zero attached hydrogens (tertiary/aromatic N) is 3. The summed E-state index contributed by atoms with van der Waals surface area (Å²) in [5.74, 6) is -0.322. The molecule has 1 aromatic rings. The smallest absolute Gasteiger partial charge is 0.126 e. The van der Waals surface area contributed by atoms with Gasteiger partial charge in [-0.25, -0.2) is 4.39 Å². The number of benzene rings is 1. The predicted molar refractivity (Wildman–Crippen MR) is 77.2 cm³/mol. The highest BCUT2D eigenvalue weighted by Crippen LogP contribution is 2.26. The van der Waals surface area contributed by atoms with Crippen LogP contribution in [-0.4, -0.2) is 37.1 Å². The fourth-order valence-corrected chi connectivity index (χ4v) is 3.44. The largest absolute Gasteiger partial charge is 0.369 e. The fraction of sp³-hybridized carbons (Fsp3) is 0.562. The average molecular weight is 273 g/mol. The van der Waals surface area contributed by atoms with Crippen LogP contribution in [0.5, 0.6) is 0 Å². The van der Waals surface area contributed by atoms with Gasteiger partial charge in [-0.15, -0.1) is 0 Å². The first-order valence-corrected chi connectivity index (χ1v) is 7.46. The first-order valence-electron chi connectivity index (χ1n) is 7.46. The summed E-state index contributed by atoms with van der Waals surface area (Å²) >= 11 is 0. The Balaban J connectivity index is 1.65. The van der Waals surface area contributed by atoms with E-state index in [-0.39, 0.29) is 5.82 Å². The van der Waals surface area contributed by atoms with E-state index in [1.54, 1.807) is 6.07 Å². The van der Waals surface area contributed by atoms with E-state index in [1.807, 2.05) is 6.07 Å². The van der Waals surface area contributed by atoms with Gasteiger partial charge in [0.05, 0.1) is 11.6 Å². The maximum Gasteiger partial charge on any atom is 0.126 e. The van der Waals surface area contributed by atoms with Crippen LogP contribution in [0.4, 0.5) is 10.1 Å². The van der Waals surface area contributed by atoms with Gasteiger partial charge in [0.25, 0.3) is 0 Å². The maximum atomic E-state index is 13.5. The molecule has 1 aliphatic carbocycles. The van der Waals surface area contributed by atoms with Crippen molar-refractivity contribution in [1.82, 2.24) is 4.90 Å². The number of anilines is 1. The standard InChI is InChI=1S/C16H20FN3/c17-14-9-13(12-18)10-16(11-14)20-7-5-19(6-8-20)15-3-1-2-4-15/h9-11,15H,1-8H2. The summed E-state index contributed by atoms with van der Waals surface area (Å²) in [6.07, 6.45) is 5.39. The molecule has 0 amide bonds. The lowest BCUT2D eigenvalue weighted by Crippen LogP contribution is -2.49. The molecule has 3 nitrogen and oxygen atoms in total. The minimum atomic E-state index is -0.322.